The molecule has 2 atom stereocenters. The summed E-state index contributed by atoms with van der Waals surface area (Å²) in [5.74, 6) is -0.200. The van der Waals surface area contributed by atoms with Gasteiger partial charge in [-0.15, -0.1) is 12.4 Å². The van der Waals surface area contributed by atoms with Crippen molar-refractivity contribution in [1.29, 1.82) is 0 Å². The van der Waals surface area contributed by atoms with E-state index < -0.39 is 16.1 Å². The molecule has 0 bridgehead atoms. The van der Waals surface area contributed by atoms with E-state index >= 15 is 0 Å². The number of hydrogen-bond donors (Lipinski definition) is 2. The third kappa shape index (κ3) is 6.33. The molecule has 1 saturated heterocycles. The maximum atomic E-state index is 12.3. The molecule has 0 saturated carbocycles. The Hall–Kier alpha value is -0.0800. The van der Waals surface area contributed by atoms with Crippen molar-refractivity contribution < 1.29 is 13.2 Å². The standard InChI is InChI=1S/C15H22Cl2N2O3S.ClH/c1-10(2)19-23(20,21)9-15-12(8-18-5-6-22-15)11-3-4-13(16)14(17)7-11;/h3-4,7,10,12,15,18-19H,5-6,8-9H2,1-2H3;1H/t12-,15+;/m0./s1. The normalized spacial score (nSPS) is 22.0. The van der Waals surface area contributed by atoms with Crippen molar-refractivity contribution in [1.82, 2.24) is 10.0 Å². The molecule has 138 valence electrons. The minimum absolute atomic E-state index is 0. The van der Waals surface area contributed by atoms with Gasteiger partial charge in [0.1, 0.15) is 0 Å². The van der Waals surface area contributed by atoms with Gasteiger partial charge in [-0.25, -0.2) is 13.1 Å². The van der Waals surface area contributed by atoms with Gasteiger partial charge in [-0.05, 0) is 31.5 Å². The molecule has 1 aromatic rings. The fourth-order valence-corrected chi connectivity index (χ4v) is 4.53. The molecule has 0 spiro atoms. The lowest BCUT2D eigenvalue weighted by molar-refractivity contribution is 0.0678. The van der Waals surface area contributed by atoms with Crippen LogP contribution in [0.15, 0.2) is 18.2 Å². The molecule has 1 aromatic carbocycles. The Morgan fingerprint density at radius 1 is 1.33 bits per heavy atom. The smallest absolute Gasteiger partial charge is 0.214 e. The summed E-state index contributed by atoms with van der Waals surface area (Å²) in [6.45, 7) is 5.37. The minimum atomic E-state index is -3.42. The van der Waals surface area contributed by atoms with Crippen LogP contribution in [0.25, 0.3) is 0 Å². The van der Waals surface area contributed by atoms with Gasteiger partial charge in [0.2, 0.25) is 10.0 Å². The zero-order valence-corrected chi connectivity index (χ0v) is 16.7. The van der Waals surface area contributed by atoms with Crippen molar-refractivity contribution in [3.63, 3.8) is 0 Å². The van der Waals surface area contributed by atoms with Crippen LogP contribution in [-0.4, -0.2) is 46.0 Å². The molecule has 0 aromatic heterocycles. The fraction of sp³-hybridized carbons (Fsp3) is 0.600. The van der Waals surface area contributed by atoms with Gasteiger partial charge < -0.3 is 10.1 Å². The van der Waals surface area contributed by atoms with Crippen LogP contribution >= 0.6 is 35.6 Å². The van der Waals surface area contributed by atoms with E-state index in [4.69, 9.17) is 27.9 Å². The van der Waals surface area contributed by atoms with Crippen molar-refractivity contribution in [3.05, 3.63) is 33.8 Å². The second kappa shape index (κ2) is 9.57. The van der Waals surface area contributed by atoms with E-state index in [-0.39, 0.29) is 30.1 Å². The Morgan fingerprint density at radius 2 is 2.04 bits per heavy atom. The maximum Gasteiger partial charge on any atom is 0.214 e. The number of benzene rings is 1. The summed E-state index contributed by atoms with van der Waals surface area (Å²) in [7, 11) is -3.42. The van der Waals surface area contributed by atoms with Gasteiger partial charge in [0.05, 0.1) is 28.5 Å². The maximum absolute atomic E-state index is 12.3. The first-order valence-electron chi connectivity index (χ1n) is 7.56. The highest BCUT2D eigenvalue weighted by atomic mass is 35.5. The summed E-state index contributed by atoms with van der Waals surface area (Å²) >= 11 is 12.1. The van der Waals surface area contributed by atoms with E-state index in [1.165, 1.54) is 0 Å². The summed E-state index contributed by atoms with van der Waals surface area (Å²) in [5.41, 5.74) is 0.915. The largest absolute Gasteiger partial charge is 0.375 e. The Labute approximate surface area is 159 Å². The summed E-state index contributed by atoms with van der Waals surface area (Å²) in [4.78, 5) is 0. The Balaban J connectivity index is 0.00000288. The first kappa shape index (κ1) is 22.0. The van der Waals surface area contributed by atoms with E-state index in [9.17, 15) is 8.42 Å². The van der Waals surface area contributed by atoms with E-state index in [0.717, 1.165) is 5.56 Å². The molecular weight excluding hydrogens is 395 g/mol. The topological polar surface area (TPSA) is 67.4 Å². The van der Waals surface area contributed by atoms with Crippen molar-refractivity contribution in [3.8, 4) is 0 Å². The van der Waals surface area contributed by atoms with Gasteiger partial charge in [-0.2, -0.15) is 0 Å². The van der Waals surface area contributed by atoms with E-state index in [0.29, 0.717) is 29.7 Å². The number of halogens is 3. The lowest BCUT2D eigenvalue weighted by atomic mass is 9.94. The van der Waals surface area contributed by atoms with Gasteiger partial charge in [0.15, 0.2) is 0 Å². The first-order valence-corrected chi connectivity index (χ1v) is 9.96. The van der Waals surface area contributed by atoms with Crippen LogP contribution in [0.4, 0.5) is 0 Å². The number of sulfonamides is 1. The van der Waals surface area contributed by atoms with Crippen molar-refractivity contribution in [2.75, 3.05) is 25.4 Å². The van der Waals surface area contributed by atoms with E-state index in [1.54, 1.807) is 26.0 Å². The van der Waals surface area contributed by atoms with Gasteiger partial charge in [0, 0.05) is 25.0 Å². The van der Waals surface area contributed by atoms with Crippen LogP contribution in [0.5, 0.6) is 0 Å². The summed E-state index contributed by atoms with van der Waals surface area (Å²) in [6, 6.07) is 5.22. The average Bonchev–Trinajstić information content (AvgIpc) is 2.65. The molecule has 1 heterocycles. The summed E-state index contributed by atoms with van der Waals surface area (Å²) in [6.07, 6.45) is -0.446. The molecule has 0 unspecified atom stereocenters. The molecular formula is C15H23Cl3N2O3S. The van der Waals surface area contributed by atoms with Crippen LogP contribution in [0, 0.1) is 0 Å². The average molecular weight is 418 g/mol. The minimum Gasteiger partial charge on any atom is -0.375 e. The molecule has 9 heteroatoms. The molecule has 0 amide bonds. The zero-order valence-electron chi connectivity index (χ0n) is 13.6. The first-order chi connectivity index (χ1) is 10.8. The Kier molecular flexibility index (Phi) is 8.76. The van der Waals surface area contributed by atoms with Crippen LogP contribution in [0.1, 0.15) is 25.3 Å². The van der Waals surface area contributed by atoms with Crippen LogP contribution in [0.3, 0.4) is 0 Å². The van der Waals surface area contributed by atoms with E-state index in [2.05, 4.69) is 10.0 Å². The van der Waals surface area contributed by atoms with Crippen molar-refractivity contribution in [2.45, 2.75) is 31.9 Å². The number of nitrogens with one attached hydrogen (secondary N) is 2. The molecule has 2 N–H and O–H groups in total. The monoisotopic (exact) mass is 416 g/mol. The fourth-order valence-electron chi connectivity index (χ4n) is 2.65. The molecule has 1 aliphatic rings. The predicted molar refractivity (Wildman–Crippen MR) is 101 cm³/mol. The Bertz CT molecular complexity index is 641. The second-order valence-electron chi connectivity index (χ2n) is 5.95. The molecule has 1 fully saturated rings. The third-order valence-corrected chi connectivity index (χ3v) is 5.93. The van der Waals surface area contributed by atoms with Crippen LogP contribution in [0.2, 0.25) is 10.0 Å². The molecule has 0 radical (unpaired) electrons. The molecule has 2 rings (SSSR count). The highest BCUT2D eigenvalue weighted by molar-refractivity contribution is 7.89. The SMILES string of the molecule is CC(C)NS(=O)(=O)C[C@H]1OCCNC[C@H]1c1ccc(Cl)c(Cl)c1.Cl. The molecule has 5 nitrogen and oxygen atoms in total. The molecule has 1 aliphatic heterocycles. The highest BCUT2D eigenvalue weighted by Gasteiger charge is 2.31. The second-order valence-corrected chi connectivity index (χ2v) is 8.56. The number of ether oxygens (including phenoxy) is 1. The van der Waals surface area contributed by atoms with Crippen molar-refractivity contribution >= 4 is 45.6 Å². The van der Waals surface area contributed by atoms with Gasteiger partial charge >= 0.3 is 0 Å². The zero-order chi connectivity index (χ0) is 17.0. The Morgan fingerprint density at radius 3 is 2.67 bits per heavy atom. The summed E-state index contributed by atoms with van der Waals surface area (Å²) in [5, 5.41) is 4.20. The molecule has 24 heavy (non-hydrogen) atoms. The van der Waals surface area contributed by atoms with Gasteiger partial charge in [0.25, 0.3) is 0 Å². The lowest BCUT2D eigenvalue weighted by Gasteiger charge is -2.25. The van der Waals surface area contributed by atoms with Gasteiger partial charge in [-0.3, -0.25) is 0 Å². The quantitative estimate of drug-likeness (QED) is 0.773. The van der Waals surface area contributed by atoms with Gasteiger partial charge in [-0.1, -0.05) is 29.3 Å². The lowest BCUT2D eigenvalue weighted by Crippen LogP contribution is -2.40. The summed E-state index contributed by atoms with van der Waals surface area (Å²) < 4.78 is 32.9. The highest BCUT2D eigenvalue weighted by Crippen LogP contribution is 2.30. The van der Waals surface area contributed by atoms with Crippen LogP contribution < -0.4 is 10.0 Å². The van der Waals surface area contributed by atoms with Crippen molar-refractivity contribution in [2.24, 2.45) is 0 Å². The van der Waals surface area contributed by atoms with E-state index in [1.807, 2.05) is 6.07 Å². The molecule has 0 aliphatic carbocycles. The third-order valence-electron chi connectivity index (χ3n) is 3.59. The number of rotatable bonds is 5. The van der Waals surface area contributed by atoms with Crippen LogP contribution in [-0.2, 0) is 14.8 Å². The number of hydrogen-bond acceptors (Lipinski definition) is 4. The predicted octanol–water partition coefficient (Wildman–Crippen LogP) is 2.82.